The largest absolute Gasteiger partial charge is 0.484 e. The average Bonchev–Trinajstić information content (AvgIpc) is 2.25. The average molecular weight is 269 g/mol. The third-order valence-corrected chi connectivity index (χ3v) is 4.08. The van der Waals surface area contributed by atoms with E-state index in [1.165, 1.54) is 0 Å². The van der Waals surface area contributed by atoms with Crippen LogP contribution in [0.25, 0.3) is 0 Å². The summed E-state index contributed by atoms with van der Waals surface area (Å²) < 4.78 is 10.6. The zero-order chi connectivity index (χ0) is 14.8. The molecule has 1 rings (SSSR count). The Morgan fingerprint density at radius 2 is 1.74 bits per heavy atom. The third kappa shape index (κ3) is 3.72. The lowest BCUT2D eigenvalue weighted by molar-refractivity contribution is -0.146. The highest BCUT2D eigenvalue weighted by molar-refractivity contribution is 5.85. The van der Waals surface area contributed by atoms with E-state index in [2.05, 4.69) is 46.2 Å². The number of ether oxygens (including phenoxy) is 2. The molecule has 1 aliphatic heterocycles. The van der Waals surface area contributed by atoms with Crippen LogP contribution < -0.4 is 0 Å². The summed E-state index contributed by atoms with van der Waals surface area (Å²) in [6.45, 7) is 14.5. The molecule has 4 heteroatoms. The van der Waals surface area contributed by atoms with Gasteiger partial charge in [-0.05, 0) is 48.2 Å². The monoisotopic (exact) mass is 269 g/mol. The lowest BCUT2D eigenvalue weighted by Gasteiger charge is -2.53. The van der Waals surface area contributed by atoms with Crippen molar-refractivity contribution in [3.8, 4) is 0 Å². The molecule has 0 aromatic heterocycles. The van der Waals surface area contributed by atoms with Gasteiger partial charge in [0.15, 0.2) is 5.76 Å². The van der Waals surface area contributed by atoms with Gasteiger partial charge in [-0.1, -0.05) is 0 Å². The second kappa shape index (κ2) is 5.53. The van der Waals surface area contributed by atoms with Crippen molar-refractivity contribution in [2.24, 2.45) is 0 Å². The molecule has 1 aliphatic rings. The molecular formula is C15H27NO3. The Labute approximate surface area is 116 Å². The minimum atomic E-state index is -0.461. The normalized spacial score (nSPS) is 22.8. The molecule has 110 valence electrons. The summed E-state index contributed by atoms with van der Waals surface area (Å²) >= 11 is 0. The molecule has 0 radical (unpaired) electrons. The second-order valence-electron chi connectivity index (χ2n) is 6.48. The van der Waals surface area contributed by atoms with E-state index in [0.717, 1.165) is 12.8 Å². The summed E-state index contributed by atoms with van der Waals surface area (Å²) in [6, 6.07) is 0. The predicted octanol–water partition coefficient (Wildman–Crippen LogP) is 2.73. The van der Waals surface area contributed by atoms with Crippen molar-refractivity contribution in [2.75, 3.05) is 13.7 Å². The van der Waals surface area contributed by atoms with Crippen LogP contribution in [0.5, 0.6) is 0 Å². The number of rotatable bonds is 4. The van der Waals surface area contributed by atoms with Gasteiger partial charge in [0.05, 0.1) is 6.61 Å². The molecule has 0 unspecified atom stereocenters. The zero-order valence-corrected chi connectivity index (χ0v) is 13.1. The molecule has 1 heterocycles. The lowest BCUT2D eigenvalue weighted by atomic mass is 9.79. The van der Waals surface area contributed by atoms with Gasteiger partial charge in [-0.2, -0.15) is 0 Å². The van der Waals surface area contributed by atoms with Crippen LogP contribution in [0.1, 0.15) is 47.5 Å². The van der Waals surface area contributed by atoms with E-state index in [1.54, 1.807) is 6.92 Å². The molecule has 0 aliphatic carbocycles. The number of likely N-dealkylation sites (tertiary alicyclic amines) is 1. The summed E-state index contributed by atoms with van der Waals surface area (Å²) in [5.74, 6) is -0.347. The van der Waals surface area contributed by atoms with E-state index in [-0.39, 0.29) is 22.9 Å². The fraction of sp³-hybridized carbons (Fsp3) is 0.800. The summed E-state index contributed by atoms with van der Waals surface area (Å²) in [7, 11) is 2.14. The number of piperidine rings is 1. The van der Waals surface area contributed by atoms with Crippen LogP contribution in [0.15, 0.2) is 12.3 Å². The number of nitrogens with zero attached hydrogens (tertiary/aromatic N) is 1. The first kappa shape index (κ1) is 16.0. The standard InChI is InChI=1S/C15H27NO3/c1-8-18-13(17)11(2)19-12-9-14(3,4)16(7)15(5,6)10-12/h12H,2,8-10H2,1,3-7H3. The Balaban J connectivity index is 2.71. The van der Waals surface area contributed by atoms with E-state index in [4.69, 9.17) is 9.47 Å². The summed E-state index contributed by atoms with van der Waals surface area (Å²) in [5, 5.41) is 0. The fourth-order valence-electron chi connectivity index (χ4n) is 2.82. The van der Waals surface area contributed by atoms with E-state index in [9.17, 15) is 4.79 Å². The Morgan fingerprint density at radius 1 is 1.26 bits per heavy atom. The van der Waals surface area contributed by atoms with E-state index in [0.29, 0.717) is 6.61 Å². The van der Waals surface area contributed by atoms with Gasteiger partial charge in [0.25, 0.3) is 0 Å². The molecule has 0 atom stereocenters. The SMILES string of the molecule is C=C(OC1CC(C)(C)N(C)C(C)(C)C1)C(=O)OCC. The summed E-state index contributed by atoms with van der Waals surface area (Å²) in [5.41, 5.74) is 0.0582. The van der Waals surface area contributed by atoms with E-state index >= 15 is 0 Å². The van der Waals surface area contributed by atoms with Gasteiger partial charge >= 0.3 is 5.97 Å². The molecule has 4 nitrogen and oxygen atoms in total. The van der Waals surface area contributed by atoms with Gasteiger partial charge in [-0.25, -0.2) is 4.79 Å². The number of hydrogen-bond acceptors (Lipinski definition) is 4. The number of hydrogen-bond donors (Lipinski definition) is 0. The number of carbonyl (C=O) groups is 1. The van der Waals surface area contributed by atoms with Crippen molar-refractivity contribution in [3.63, 3.8) is 0 Å². The van der Waals surface area contributed by atoms with Crippen molar-refractivity contribution in [3.05, 3.63) is 12.3 Å². The van der Waals surface area contributed by atoms with Crippen molar-refractivity contribution < 1.29 is 14.3 Å². The van der Waals surface area contributed by atoms with Crippen LogP contribution in [0.2, 0.25) is 0 Å². The Bertz CT molecular complexity index is 342. The van der Waals surface area contributed by atoms with Crippen molar-refractivity contribution in [1.29, 1.82) is 0 Å². The predicted molar refractivity (Wildman–Crippen MR) is 75.8 cm³/mol. The van der Waals surface area contributed by atoms with E-state index < -0.39 is 5.97 Å². The van der Waals surface area contributed by atoms with Gasteiger partial charge in [-0.15, -0.1) is 0 Å². The van der Waals surface area contributed by atoms with Crippen molar-refractivity contribution in [1.82, 2.24) is 4.90 Å². The van der Waals surface area contributed by atoms with Gasteiger partial charge in [0.2, 0.25) is 0 Å². The quantitative estimate of drug-likeness (QED) is 0.447. The summed E-state index contributed by atoms with van der Waals surface area (Å²) in [6.07, 6.45) is 1.73. The molecule has 0 amide bonds. The molecule has 0 spiro atoms. The highest BCUT2D eigenvalue weighted by Crippen LogP contribution is 2.38. The van der Waals surface area contributed by atoms with Gasteiger partial charge in [-0.3, -0.25) is 4.90 Å². The summed E-state index contributed by atoms with van der Waals surface area (Å²) in [4.78, 5) is 13.9. The minimum Gasteiger partial charge on any atom is -0.484 e. The smallest absolute Gasteiger partial charge is 0.372 e. The molecule has 1 saturated heterocycles. The number of esters is 1. The maximum absolute atomic E-state index is 11.5. The van der Waals surface area contributed by atoms with E-state index in [1.807, 2.05) is 0 Å². The highest BCUT2D eigenvalue weighted by atomic mass is 16.6. The number of carbonyl (C=O) groups excluding carboxylic acids is 1. The van der Waals surface area contributed by atoms with Crippen LogP contribution in [-0.2, 0) is 14.3 Å². The Kier molecular flexibility index (Phi) is 4.67. The maximum Gasteiger partial charge on any atom is 0.372 e. The van der Waals surface area contributed by atoms with Crippen LogP contribution in [0.4, 0.5) is 0 Å². The lowest BCUT2D eigenvalue weighted by Crippen LogP contribution is -2.60. The molecule has 19 heavy (non-hydrogen) atoms. The first-order valence-electron chi connectivity index (χ1n) is 6.87. The fourth-order valence-corrected chi connectivity index (χ4v) is 2.82. The molecule has 0 saturated carbocycles. The van der Waals surface area contributed by atoms with Gasteiger partial charge in [0, 0.05) is 23.9 Å². The second-order valence-corrected chi connectivity index (χ2v) is 6.48. The highest BCUT2D eigenvalue weighted by Gasteiger charge is 2.44. The van der Waals surface area contributed by atoms with Crippen LogP contribution in [0.3, 0.4) is 0 Å². The van der Waals surface area contributed by atoms with Gasteiger partial charge < -0.3 is 9.47 Å². The van der Waals surface area contributed by atoms with Crippen molar-refractivity contribution in [2.45, 2.75) is 64.6 Å². The zero-order valence-electron chi connectivity index (χ0n) is 13.1. The van der Waals surface area contributed by atoms with Crippen molar-refractivity contribution >= 4 is 5.97 Å². The van der Waals surface area contributed by atoms with Crippen LogP contribution in [0, 0.1) is 0 Å². The molecule has 0 aromatic carbocycles. The molecule has 0 aromatic rings. The maximum atomic E-state index is 11.5. The third-order valence-electron chi connectivity index (χ3n) is 4.08. The molecule has 0 N–H and O–H groups in total. The topological polar surface area (TPSA) is 38.8 Å². The first-order chi connectivity index (χ1) is 8.60. The Morgan fingerprint density at radius 3 is 2.16 bits per heavy atom. The van der Waals surface area contributed by atoms with Gasteiger partial charge in [0.1, 0.15) is 6.10 Å². The molecule has 0 bridgehead atoms. The molecule has 1 fully saturated rings. The van der Waals surface area contributed by atoms with Crippen LogP contribution in [-0.4, -0.2) is 41.7 Å². The minimum absolute atomic E-state index is 0.00175. The first-order valence-corrected chi connectivity index (χ1v) is 6.87. The Hall–Kier alpha value is -1.03. The van der Waals surface area contributed by atoms with Crippen LogP contribution >= 0.6 is 0 Å². The molecular weight excluding hydrogens is 242 g/mol.